The van der Waals surface area contributed by atoms with Crippen molar-refractivity contribution in [2.75, 3.05) is 5.32 Å². The summed E-state index contributed by atoms with van der Waals surface area (Å²) in [7, 11) is 0. The summed E-state index contributed by atoms with van der Waals surface area (Å²) in [6, 6.07) is 7.10. The molecule has 0 aliphatic heterocycles. The van der Waals surface area contributed by atoms with Crippen LogP contribution in [-0.4, -0.2) is 11.8 Å². The Morgan fingerprint density at radius 3 is 2.50 bits per heavy atom. The van der Waals surface area contributed by atoms with Crippen LogP contribution in [0.15, 0.2) is 28.7 Å². The van der Waals surface area contributed by atoms with Crippen molar-refractivity contribution >= 4 is 44.1 Å². The number of benzene rings is 1. The van der Waals surface area contributed by atoms with Gasteiger partial charge in [-0.2, -0.15) is 0 Å². The maximum atomic E-state index is 12.2. The van der Waals surface area contributed by atoms with Crippen LogP contribution in [0.2, 0.25) is 0 Å². The quantitative estimate of drug-likeness (QED) is 0.887. The number of carbonyl (C=O) groups is 2. The van der Waals surface area contributed by atoms with Crippen molar-refractivity contribution < 1.29 is 9.59 Å². The van der Waals surface area contributed by atoms with E-state index >= 15 is 0 Å². The van der Waals surface area contributed by atoms with Gasteiger partial charge in [0.2, 0.25) is 0 Å². The molecular formula is C14H13BrN2O2S. The number of nitrogens with one attached hydrogen (secondary N) is 1. The van der Waals surface area contributed by atoms with Crippen molar-refractivity contribution in [3.8, 4) is 0 Å². The predicted octanol–water partition coefficient (Wildman–Crippen LogP) is 3.48. The summed E-state index contributed by atoms with van der Waals surface area (Å²) in [5.41, 5.74) is 7.08. The molecule has 0 spiro atoms. The first kappa shape index (κ1) is 14.7. The Morgan fingerprint density at radius 2 is 1.90 bits per heavy atom. The van der Waals surface area contributed by atoms with E-state index in [4.69, 9.17) is 5.73 Å². The van der Waals surface area contributed by atoms with E-state index in [0.29, 0.717) is 20.6 Å². The summed E-state index contributed by atoms with van der Waals surface area (Å²) in [6.07, 6.45) is 0. The molecule has 1 aromatic heterocycles. The molecule has 0 fully saturated rings. The van der Waals surface area contributed by atoms with Crippen LogP contribution in [0.4, 0.5) is 5.00 Å². The summed E-state index contributed by atoms with van der Waals surface area (Å²) in [5.74, 6) is -0.810. The van der Waals surface area contributed by atoms with E-state index in [-0.39, 0.29) is 5.91 Å². The van der Waals surface area contributed by atoms with Crippen molar-refractivity contribution in [1.29, 1.82) is 0 Å². The number of rotatable bonds is 3. The minimum atomic E-state index is -0.533. The fourth-order valence-corrected chi connectivity index (χ4v) is 3.35. The Morgan fingerprint density at radius 1 is 1.25 bits per heavy atom. The number of nitrogens with two attached hydrogens (primary N) is 1. The Bertz CT molecular complexity index is 694. The molecule has 2 rings (SSSR count). The SMILES string of the molecule is Cc1sc(NC(=O)c2ccccc2Br)c(C(N)=O)c1C. The van der Waals surface area contributed by atoms with E-state index in [1.807, 2.05) is 19.9 Å². The highest BCUT2D eigenvalue weighted by atomic mass is 79.9. The van der Waals surface area contributed by atoms with Crippen molar-refractivity contribution in [2.24, 2.45) is 5.73 Å². The van der Waals surface area contributed by atoms with Crippen LogP contribution in [0.5, 0.6) is 0 Å². The highest BCUT2D eigenvalue weighted by Gasteiger charge is 2.20. The van der Waals surface area contributed by atoms with Gasteiger partial charge in [0.25, 0.3) is 11.8 Å². The highest BCUT2D eigenvalue weighted by Crippen LogP contribution is 2.32. The second-order valence-corrected chi connectivity index (χ2v) is 6.36. The van der Waals surface area contributed by atoms with E-state index in [9.17, 15) is 9.59 Å². The summed E-state index contributed by atoms with van der Waals surface area (Å²) < 4.78 is 0.697. The van der Waals surface area contributed by atoms with Gasteiger partial charge in [0.05, 0.1) is 11.1 Å². The van der Waals surface area contributed by atoms with Gasteiger partial charge in [0, 0.05) is 9.35 Å². The Hall–Kier alpha value is -1.66. The molecule has 0 saturated heterocycles. The van der Waals surface area contributed by atoms with Gasteiger partial charge in [-0.05, 0) is 47.5 Å². The van der Waals surface area contributed by atoms with Crippen LogP contribution in [0.1, 0.15) is 31.2 Å². The number of hydrogen-bond acceptors (Lipinski definition) is 3. The molecule has 1 heterocycles. The molecule has 20 heavy (non-hydrogen) atoms. The maximum absolute atomic E-state index is 12.2. The van der Waals surface area contributed by atoms with Crippen molar-refractivity contribution in [3.05, 3.63) is 50.3 Å². The second kappa shape index (κ2) is 5.76. The minimum Gasteiger partial charge on any atom is -0.365 e. The van der Waals surface area contributed by atoms with E-state index in [2.05, 4.69) is 21.2 Å². The Kier molecular flexibility index (Phi) is 4.25. The molecule has 0 aliphatic rings. The van der Waals surface area contributed by atoms with Gasteiger partial charge in [-0.3, -0.25) is 9.59 Å². The third-order valence-corrected chi connectivity index (χ3v) is 4.79. The number of carbonyl (C=O) groups excluding carboxylic acids is 2. The highest BCUT2D eigenvalue weighted by molar-refractivity contribution is 9.10. The summed E-state index contributed by atoms with van der Waals surface area (Å²) >= 11 is 4.68. The van der Waals surface area contributed by atoms with Crippen molar-refractivity contribution in [3.63, 3.8) is 0 Å². The first-order valence-corrected chi connectivity index (χ1v) is 7.48. The molecule has 0 radical (unpaired) electrons. The number of amides is 2. The molecule has 104 valence electrons. The maximum Gasteiger partial charge on any atom is 0.257 e. The minimum absolute atomic E-state index is 0.277. The lowest BCUT2D eigenvalue weighted by Crippen LogP contribution is -2.17. The summed E-state index contributed by atoms with van der Waals surface area (Å²) in [4.78, 5) is 24.7. The number of thiophene rings is 1. The van der Waals surface area contributed by atoms with Crippen LogP contribution in [0, 0.1) is 13.8 Å². The molecule has 0 aliphatic carbocycles. The van der Waals surface area contributed by atoms with E-state index in [1.54, 1.807) is 18.2 Å². The van der Waals surface area contributed by atoms with Crippen molar-refractivity contribution in [2.45, 2.75) is 13.8 Å². The number of aryl methyl sites for hydroxylation is 1. The molecule has 0 atom stereocenters. The summed E-state index contributed by atoms with van der Waals surface area (Å²) in [6.45, 7) is 3.71. The van der Waals surface area contributed by atoms with Gasteiger partial charge >= 0.3 is 0 Å². The molecule has 3 N–H and O–H groups in total. The Balaban J connectivity index is 2.36. The lowest BCUT2D eigenvalue weighted by molar-refractivity contribution is 0.100. The van der Waals surface area contributed by atoms with Crippen LogP contribution in [-0.2, 0) is 0 Å². The smallest absolute Gasteiger partial charge is 0.257 e. The average molecular weight is 353 g/mol. The normalized spacial score (nSPS) is 10.3. The molecule has 0 saturated carbocycles. The molecule has 0 bridgehead atoms. The molecule has 2 aromatic rings. The third-order valence-electron chi connectivity index (χ3n) is 2.98. The largest absolute Gasteiger partial charge is 0.365 e. The summed E-state index contributed by atoms with van der Waals surface area (Å²) in [5, 5.41) is 3.25. The standard InChI is InChI=1S/C14H13BrN2O2S/c1-7-8(2)20-14(11(7)12(16)18)17-13(19)9-5-3-4-6-10(9)15/h3-6H,1-2H3,(H2,16,18)(H,17,19). The topological polar surface area (TPSA) is 72.2 Å². The average Bonchev–Trinajstić information content (AvgIpc) is 2.65. The third kappa shape index (κ3) is 2.76. The zero-order valence-electron chi connectivity index (χ0n) is 11.0. The Labute approximate surface area is 129 Å². The predicted molar refractivity (Wildman–Crippen MR) is 84.4 cm³/mol. The van der Waals surface area contributed by atoms with Crippen LogP contribution >= 0.6 is 27.3 Å². The number of halogens is 1. The van der Waals surface area contributed by atoms with Gasteiger partial charge < -0.3 is 11.1 Å². The number of anilines is 1. The molecule has 4 nitrogen and oxygen atoms in total. The number of primary amides is 1. The van der Waals surface area contributed by atoms with Crippen LogP contribution in [0.25, 0.3) is 0 Å². The van der Waals surface area contributed by atoms with Crippen LogP contribution < -0.4 is 11.1 Å². The second-order valence-electron chi connectivity index (χ2n) is 4.29. The monoisotopic (exact) mass is 352 g/mol. The fraction of sp³-hybridized carbons (Fsp3) is 0.143. The zero-order valence-corrected chi connectivity index (χ0v) is 13.4. The van der Waals surface area contributed by atoms with Gasteiger partial charge in [-0.25, -0.2) is 0 Å². The van der Waals surface area contributed by atoms with Gasteiger partial charge in [-0.15, -0.1) is 11.3 Å². The molecule has 1 aromatic carbocycles. The van der Waals surface area contributed by atoms with Crippen molar-refractivity contribution in [1.82, 2.24) is 0 Å². The number of hydrogen-bond donors (Lipinski definition) is 2. The zero-order chi connectivity index (χ0) is 14.9. The van der Waals surface area contributed by atoms with E-state index in [0.717, 1.165) is 10.4 Å². The van der Waals surface area contributed by atoms with Gasteiger partial charge in [0.15, 0.2) is 0 Å². The van der Waals surface area contributed by atoms with Crippen LogP contribution in [0.3, 0.4) is 0 Å². The first-order valence-electron chi connectivity index (χ1n) is 5.87. The lowest BCUT2D eigenvalue weighted by atomic mass is 10.1. The molecule has 2 amide bonds. The van der Waals surface area contributed by atoms with Gasteiger partial charge in [-0.1, -0.05) is 12.1 Å². The molecular weight excluding hydrogens is 340 g/mol. The molecule has 0 unspecified atom stereocenters. The van der Waals surface area contributed by atoms with Gasteiger partial charge in [0.1, 0.15) is 5.00 Å². The first-order chi connectivity index (χ1) is 9.41. The lowest BCUT2D eigenvalue weighted by Gasteiger charge is -2.06. The molecule has 6 heteroatoms. The van der Waals surface area contributed by atoms with E-state index < -0.39 is 5.91 Å². The fourth-order valence-electron chi connectivity index (χ4n) is 1.83. The van der Waals surface area contributed by atoms with E-state index in [1.165, 1.54) is 11.3 Å².